The molecule has 3 heterocycles. The molecule has 3 atom stereocenters. The number of pyridine rings is 1. The number of amides is 1. The van der Waals surface area contributed by atoms with Gasteiger partial charge in [-0.1, -0.05) is 0 Å². The van der Waals surface area contributed by atoms with Crippen LogP contribution in [-0.2, 0) is 15.0 Å². The Balaban J connectivity index is 1.71. The molecule has 1 saturated heterocycles. The summed E-state index contributed by atoms with van der Waals surface area (Å²) in [5.74, 6) is -2.80. The smallest absolute Gasteiger partial charge is 0.415 e. The van der Waals surface area contributed by atoms with Gasteiger partial charge >= 0.3 is 6.18 Å². The molecule has 0 spiro atoms. The van der Waals surface area contributed by atoms with E-state index in [1.54, 1.807) is 0 Å². The summed E-state index contributed by atoms with van der Waals surface area (Å²) in [4.78, 5) is 20.3. The molecule has 5 N–H and O–H groups in total. The Morgan fingerprint density at radius 1 is 1.23 bits per heavy atom. The number of halogens is 4. The van der Waals surface area contributed by atoms with Crippen LogP contribution in [0, 0.1) is 11.7 Å². The summed E-state index contributed by atoms with van der Waals surface area (Å²) in [5.41, 5.74) is 9.73. The van der Waals surface area contributed by atoms with Crippen LogP contribution in [0.5, 0.6) is 0 Å². The zero-order valence-electron chi connectivity index (χ0n) is 15.8. The quantitative estimate of drug-likeness (QED) is 0.630. The Kier molecular flexibility index (Phi) is 4.96. The summed E-state index contributed by atoms with van der Waals surface area (Å²) < 4.78 is 65.2. The number of aromatic nitrogens is 1. The standard InChI is InChI=1S/C19H17F4N5O3/c20-13-3-2-10(27-16(29)14-4-1-9(24)6-26-14)5-11(13)18-8-31-15(19(21,22)23)12(18)7-30-17(25)28-18/h1-6,12,15H,7-8,24H2,(H2,25,28)(H,27,29)/t12?,15-,18?/m0/s1. The number of ether oxygens (including phenoxy) is 2. The van der Waals surface area contributed by atoms with Crippen molar-refractivity contribution in [2.75, 3.05) is 24.3 Å². The van der Waals surface area contributed by atoms with E-state index in [2.05, 4.69) is 15.3 Å². The SMILES string of the molecule is NC1=NC2(c3cc(NC(=O)c4ccc(N)cn4)ccc3F)CO[C@H](C(F)(F)F)C2CO1. The van der Waals surface area contributed by atoms with Gasteiger partial charge in [0.05, 0.1) is 31.0 Å². The normalized spacial score (nSPS) is 25.4. The molecule has 1 fully saturated rings. The maximum atomic E-state index is 14.8. The van der Waals surface area contributed by atoms with E-state index in [0.717, 1.165) is 6.07 Å². The fourth-order valence-electron chi connectivity index (χ4n) is 3.76. The minimum absolute atomic E-state index is 0.0470. The zero-order valence-corrected chi connectivity index (χ0v) is 15.8. The highest BCUT2D eigenvalue weighted by Gasteiger charge is 2.62. The number of nitrogens with one attached hydrogen (secondary N) is 1. The lowest BCUT2D eigenvalue weighted by atomic mass is 9.77. The average Bonchev–Trinajstić information content (AvgIpc) is 3.09. The lowest BCUT2D eigenvalue weighted by molar-refractivity contribution is -0.219. The number of anilines is 2. The van der Waals surface area contributed by atoms with Crippen LogP contribution < -0.4 is 16.8 Å². The number of hydrogen-bond acceptors (Lipinski definition) is 7. The number of nitrogens with zero attached hydrogens (tertiary/aromatic N) is 2. The van der Waals surface area contributed by atoms with Gasteiger partial charge in [-0.05, 0) is 30.3 Å². The van der Waals surface area contributed by atoms with Crippen LogP contribution in [-0.4, -0.2) is 42.4 Å². The summed E-state index contributed by atoms with van der Waals surface area (Å²) in [5, 5.41) is 2.53. The maximum Gasteiger partial charge on any atom is 0.415 e. The molecule has 0 aliphatic carbocycles. The fraction of sp³-hybridized carbons (Fsp3) is 0.316. The van der Waals surface area contributed by atoms with Crippen molar-refractivity contribution in [2.24, 2.45) is 16.6 Å². The van der Waals surface area contributed by atoms with Crippen LogP contribution >= 0.6 is 0 Å². The van der Waals surface area contributed by atoms with Gasteiger partial charge in [-0.15, -0.1) is 0 Å². The van der Waals surface area contributed by atoms with Gasteiger partial charge in [-0.2, -0.15) is 13.2 Å². The van der Waals surface area contributed by atoms with Crippen LogP contribution in [0.15, 0.2) is 41.5 Å². The first-order chi connectivity index (χ1) is 14.6. The van der Waals surface area contributed by atoms with E-state index in [-0.39, 0.29) is 23.0 Å². The summed E-state index contributed by atoms with van der Waals surface area (Å²) >= 11 is 0. The molecule has 0 saturated carbocycles. The molecule has 1 aromatic heterocycles. The Labute approximate surface area is 173 Å². The number of rotatable bonds is 3. The van der Waals surface area contributed by atoms with Crippen molar-refractivity contribution in [3.8, 4) is 0 Å². The minimum Gasteiger partial charge on any atom is -0.465 e. The molecule has 2 aliphatic heterocycles. The first kappa shape index (κ1) is 20.8. The number of fused-ring (bicyclic) bond motifs is 1. The van der Waals surface area contributed by atoms with Gasteiger partial charge in [-0.25, -0.2) is 14.4 Å². The molecule has 2 unspecified atom stereocenters. The third-order valence-electron chi connectivity index (χ3n) is 5.21. The molecule has 12 heteroatoms. The van der Waals surface area contributed by atoms with Gasteiger partial charge in [-0.3, -0.25) is 4.79 Å². The molecule has 31 heavy (non-hydrogen) atoms. The summed E-state index contributed by atoms with van der Waals surface area (Å²) in [6.07, 6.45) is -5.62. The van der Waals surface area contributed by atoms with E-state index >= 15 is 0 Å². The molecule has 0 bridgehead atoms. The van der Waals surface area contributed by atoms with E-state index < -0.39 is 48.7 Å². The van der Waals surface area contributed by atoms with Crippen molar-refractivity contribution >= 4 is 23.3 Å². The van der Waals surface area contributed by atoms with Crippen molar-refractivity contribution in [3.63, 3.8) is 0 Å². The maximum absolute atomic E-state index is 14.8. The third-order valence-corrected chi connectivity index (χ3v) is 5.21. The van der Waals surface area contributed by atoms with E-state index in [0.29, 0.717) is 5.69 Å². The van der Waals surface area contributed by atoms with E-state index in [9.17, 15) is 22.4 Å². The lowest BCUT2D eigenvalue weighted by Gasteiger charge is -2.36. The van der Waals surface area contributed by atoms with E-state index in [1.807, 2.05) is 0 Å². The predicted molar refractivity (Wildman–Crippen MR) is 102 cm³/mol. The number of carbonyl (C=O) groups excluding carboxylic acids is 1. The lowest BCUT2D eigenvalue weighted by Crippen LogP contribution is -2.48. The van der Waals surface area contributed by atoms with Crippen molar-refractivity contribution in [2.45, 2.75) is 17.8 Å². The van der Waals surface area contributed by atoms with Gasteiger partial charge < -0.3 is 26.3 Å². The zero-order chi connectivity index (χ0) is 22.4. The summed E-state index contributed by atoms with van der Waals surface area (Å²) in [6, 6.07) is 6.00. The number of nitrogens with two attached hydrogens (primary N) is 2. The largest absolute Gasteiger partial charge is 0.465 e. The number of carbonyl (C=O) groups is 1. The predicted octanol–water partition coefficient (Wildman–Crippen LogP) is 2.17. The number of nitrogen functional groups attached to an aromatic ring is 1. The number of alkyl halides is 3. The molecule has 4 rings (SSSR count). The summed E-state index contributed by atoms with van der Waals surface area (Å²) in [7, 11) is 0. The molecule has 164 valence electrons. The van der Waals surface area contributed by atoms with Gasteiger partial charge in [0.15, 0.2) is 6.10 Å². The Morgan fingerprint density at radius 3 is 2.68 bits per heavy atom. The number of amidine groups is 1. The highest BCUT2D eigenvalue weighted by Crippen LogP contribution is 2.50. The van der Waals surface area contributed by atoms with Gasteiger partial charge in [0.25, 0.3) is 11.9 Å². The second-order valence-electron chi connectivity index (χ2n) is 7.19. The Hall–Kier alpha value is -3.41. The van der Waals surface area contributed by atoms with Crippen molar-refractivity contribution in [3.05, 3.63) is 53.6 Å². The van der Waals surface area contributed by atoms with Crippen LogP contribution in [0.4, 0.5) is 28.9 Å². The van der Waals surface area contributed by atoms with Crippen molar-refractivity contribution in [1.82, 2.24) is 4.98 Å². The second-order valence-corrected chi connectivity index (χ2v) is 7.19. The molecule has 2 aliphatic rings. The minimum atomic E-state index is -4.71. The topological polar surface area (TPSA) is 125 Å². The highest BCUT2D eigenvalue weighted by atomic mass is 19.4. The number of hydrogen-bond donors (Lipinski definition) is 3. The molecule has 0 radical (unpaired) electrons. The molecule has 1 amide bonds. The monoisotopic (exact) mass is 439 g/mol. The average molecular weight is 439 g/mol. The van der Waals surface area contributed by atoms with Crippen LogP contribution in [0.3, 0.4) is 0 Å². The molecular weight excluding hydrogens is 422 g/mol. The first-order valence-electron chi connectivity index (χ1n) is 9.09. The van der Waals surface area contributed by atoms with Gasteiger partial charge in [0.1, 0.15) is 17.1 Å². The first-order valence-corrected chi connectivity index (χ1v) is 9.09. The number of benzene rings is 1. The molecule has 8 nitrogen and oxygen atoms in total. The molecule has 2 aromatic rings. The van der Waals surface area contributed by atoms with Crippen LogP contribution in [0.1, 0.15) is 16.1 Å². The van der Waals surface area contributed by atoms with Crippen molar-refractivity contribution < 1.29 is 31.8 Å². The highest BCUT2D eigenvalue weighted by molar-refractivity contribution is 6.03. The van der Waals surface area contributed by atoms with Gasteiger partial charge in [0.2, 0.25) is 0 Å². The van der Waals surface area contributed by atoms with Crippen LogP contribution in [0.25, 0.3) is 0 Å². The molecule has 1 aromatic carbocycles. The number of aliphatic imine (C=N–C) groups is 1. The van der Waals surface area contributed by atoms with Crippen LogP contribution in [0.2, 0.25) is 0 Å². The molecular formula is C19H17F4N5O3. The van der Waals surface area contributed by atoms with Crippen molar-refractivity contribution in [1.29, 1.82) is 0 Å². The Morgan fingerprint density at radius 2 is 2.00 bits per heavy atom. The van der Waals surface area contributed by atoms with E-state index in [1.165, 1.54) is 30.5 Å². The second kappa shape index (κ2) is 7.38. The van der Waals surface area contributed by atoms with Gasteiger partial charge in [0, 0.05) is 11.3 Å². The Bertz CT molecular complexity index is 1040. The third kappa shape index (κ3) is 3.74. The fourth-order valence-corrected chi connectivity index (χ4v) is 3.76. The van der Waals surface area contributed by atoms with E-state index in [4.69, 9.17) is 20.9 Å². The summed E-state index contributed by atoms with van der Waals surface area (Å²) in [6.45, 7) is -1.01.